The minimum atomic E-state index is -0.535. The number of rotatable bonds is 12. The van der Waals surface area contributed by atoms with Gasteiger partial charge in [-0.15, -0.1) is 0 Å². The van der Waals surface area contributed by atoms with Gasteiger partial charge in [-0.1, -0.05) is 12.1 Å². The maximum atomic E-state index is 12.6. The fourth-order valence-corrected chi connectivity index (χ4v) is 4.07. The Hall–Kier alpha value is -2.97. The number of Topliss-reactive ketones (excluding diaryl/α,β-unsaturated/α-hetero) is 1. The minimum Gasteiger partial charge on any atom is -1.00 e. The highest BCUT2D eigenvalue weighted by molar-refractivity contribution is 5.96. The van der Waals surface area contributed by atoms with Crippen molar-refractivity contribution in [3.8, 4) is 23.0 Å². The quantitative estimate of drug-likeness (QED) is 0.238. The molecule has 2 aromatic rings. The lowest BCUT2D eigenvalue weighted by atomic mass is 10.1. The number of ether oxygens (including phenoxy) is 5. The number of quaternary nitrogens is 1. The van der Waals surface area contributed by atoms with Gasteiger partial charge in [0.15, 0.2) is 17.3 Å². The van der Waals surface area contributed by atoms with Crippen LogP contribution in [0, 0.1) is 0 Å². The molecule has 192 valence electrons. The number of hydrogen-bond donors (Lipinski definition) is 1. The lowest BCUT2D eigenvalue weighted by Gasteiger charge is -2.23. The topological polar surface area (TPSA) is 84.7 Å². The molecular formula is C26H34ClNO7. The number of methoxy groups -OCH3 is 3. The second kappa shape index (κ2) is 14.4. The van der Waals surface area contributed by atoms with Gasteiger partial charge in [0.05, 0.1) is 52.9 Å². The van der Waals surface area contributed by atoms with Crippen molar-refractivity contribution >= 4 is 11.8 Å². The fraction of sp³-hybridized carbons (Fsp3) is 0.462. The van der Waals surface area contributed by atoms with Crippen LogP contribution in [0.2, 0.25) is 0 Å². The molecule has 0 unspecified atom stereocenters. The average Bonchev–Trinajstić information content (AvgIpc) is 2.89. The van der Waals surface area contributed by atoms with E-state index in [1.54, 1.807) is 18.2 Å². The molecule has 1 aliphatic rings. The molecule has 9 heteroatoms. The standard InChI is InChI=1S/C26H33NO7.ClH/c1-30-23-17-20(18-24(31-2)25(23)32-3)26(29)34-15-14-33-21-9-7-8-19(16-21)22(28)10-13-27-11-5-4-6-12-27;/h7-9,16-18H,4-6,10-15H2,1-3H3;1H. The predicted octanol–water partition coefficient (Wildman–Crippen LogP) is -0.406. The van der Waals surface area contributed by atoms with Crippen LogP contribution in [0.1, 0.15) is 46.4 Å². The van der Waals surface area contributed by atoms with Crippen molar-refractivity contribution < 1.29 is 50.6 Å². The summed E-state index contributed by atoms with van der Waals surface area (Å²) in [7, 11) is 4.45. The monoisotopic (exact) mass is 507 g/mol. The smallest absolute Gasteiger partial charge is 0.338 e. The van der Waals surface area contributed by atoms with Crippen molar-refractivity contribution in [2.24, 2.45) is 0 Å². The van der Waals surface area contributed by atoms with Gasteiger partial charge < -0.3 is 41.0 Å². The minimum absolute atomic E-state index is 0. The van der Waals surface area contributed by atoms with Gasteiger partial charge in [0.25, 0.3) is 0 Å². The van der Waals surface area contributed by atoms with Crippen molar-refractivity contribution in [3.05, 3.63) is 47.5 Å². The second-order valence-electron chi connectivity index (χ2n) is 8.16. The number of hydrogen-bond acceptors (Lipinski definition) is 7. The number of carbonyl (C=O) groups is 2. The third-order valence-corrected chi connectivity index (χ3v) is 5.91. The molecular weight excluding hydrogens is 474 g/mol. The maximum absolute atomic E-state index is 12.6. The third kappa shape index (κ3) is 8.04. The van der Waals surface area contributed by atoms with Crippen LogP contribution in [0.4, 0.5) is 0 Å². The summed E-state index contributed by atoms with van der Waals surface area (Å²) < 4.78 is 26.8. The molecule has 1 N–H and O–H groups in total. The first kappa shape index (κ1) is 28.3. The van der Waals surface area contributed by atoms with Crippen LogP contribution in [-0.4, -0.2) is 65.9 Å². The predicted molar refractivity (Wildman–Crippen MR) is 127 cm³/mol. The molecule has 1 aliphatic heterocycles. The Labute approximate surface area is 212 Å². The number of benzene rings is 2. The highest BCUT2D eigenvalue weighted by atomic mass is 35.5. The van der Waals surface area contributed by atoms with Gasteiger partial charge in [-0.05, 0) is 43.5 Å². The van der Waals surface area contributed by atoms with Gasteiger partial charge in [-0.25, -0.2) is 4.79 Å². The Morgan fingerprint density at radius 3 is 2.17 bits per heavy atom. The van der Waals surface area contributed by atoms with Crippen LogP contribution in [0.15, 0.2) is 36.4 Å². The summed E-state index contributed by atoms with van der Waals surface area (Å²) >= 11 is 0. The van der Waals surface area contributed by atoms with Gasteiger partial charge in [0, 0.05) is 5.56 Å². The zero-order valence-electron chi connectivity index (χ0n) is 20.6. The van der Waals surface area contributed by atoms with E-state index < -0.39 is 5.97 Å². The molecule has 35 heavy (non-hydrogen) atoms. The van der Waals surface area contributed by atoms with E-state index >= 15 is 0 Å². The third-order valence-electron chi connectivity index (χ3n) is 5.91. The number of ketones is 1. The van der Waals surface area contributed by atoms with Gasteiger partial charge in [-0.2, -0.15) is 0 Å². The van der Waals surface area contributed by atoms with Gasteiger partial charge in [-0.3, -0.25) is 4.79 Å². The number of carbonyl (C=O) groups excluding carboxylic acids is 2. The summed E-state index contributed by atoms with van der Waals surface area (Å²) in [5, 5.41) is 0. The molecule has 2 aromatic carbocycles. The molecule has 0 aromatic heterocycles. The Kier molecular flexibility index (Phi) is 11.7. The van der Waals surface area contributed by atoms with Crippen LogP contribution in [-0.2, 0) is 4.74 Å². The molecule has 1 saturated heterocycles. The maximum Gasteiger partial charge on any atom is 0.338 e. The van der Waals surface area contributed by atoms with Crippen LogP contribution in [0.25, 0.3) is 0 Å². The second-order valence-corrected chi connectivity index (χ2v) is 8.16. The molecule has 8 nitrogen and oxygen atoms in total. The fourth-order valence-electron chi connectivity index (χ4n) is 4.07. The molecule has 0 radical (unpaired) electrons. The molecule has 0 saturated carbocycles. The summed E-state index contributed by atoms with van der Waals surface area (Å²) in [6.07, 6.45) is 4.33. The van der Waals surface area contributed by atoms with Crippen molar-refractivity contribution in [2.45, 2.75) is 25.7 Å². The number of esters is 1. The van der Waals surface area contributed by atoms with E-state index in [4.69, 9.17) is 23.7 Å². The van der Waals surface area contributed by atoms with E-state index in [-0.39, 0.29) is 37.0 Å². The van der Waals surface area contributed by atoms with Crippen molar-refractivity contribution in [1.82, 2.24) is 0 Å². The van der Waals surface area contributed by atoms with E-state index in [0.717, 1.165) is 19.6 Å². The van der Waals surface area contributed by atoms with Crippen molar-refractivity contribution in [2.75, 3.05) is 54.2 Å². The molecule has 0 amide bonds. The first-order valence-corrected chi connectivity index (χ1v) is 11.6. The lowest BCUT2D eigenvalue weighted by molar-refractivity contribution is -0.904. The summed E-state index contributed by atoms with van der Waals surface area (Å²) in [5.41, 5.74) is 0.918. The van der Waals surface area contributed by atoms with Crippen molar-refractivity contribution in [1.29, 1.82) is 0 Å². The molecule has 0 atom stereocenters. The molecule has 0 spiro atoms. The Morgan fingerprint density at radius 1 is 0.857 bits per heavy atom. The highest BCUT2D eigenvalue weighted by Gasteiger charge is 2.18. The Bertz CT molecular complexity index is 951. The van der Waals surface area contributed by atoms with Gasteiger partial charge in [0.1, 0.15) is 19.0 Å². The summed E-state index contributed by atoms with van der Waals surface area (Å²) in [4.78, 5) is 26.6. The molecule has 0 aliphatic carbocycles. The number of likely N-dealkylation sites (tertiary alicyclic amines) is 1. The zero-order chi connectivity index (χ0) is 24.3. The van der Waals surface area contributed by atoms with Crippen LogP contribution < -0.4 is 36.3 Å². The highest BCUT2D eigenvalue weighted by Crippen LogP contribution is 2.38. The van der Waals surface area contributed by atoms with Crippen LogP contribution in [0.3, 0.4) is 0 Å². The SMILES string of the molecule is COc1cc(C(=O)OCCOc2cccc(C(=O)CC[NH+]3CCCCC3)c2)cc(OC)c1OC.[Cl-]. The lowest BCUT2D eigenvalue weighted by Crippen LogP contribution is -3.12. The van der Waals surface area contributed by atoms with Crippen molar-refractivity contribution in [3.63, 3.8) is 0 Å². The molecule has 1 heterocycles. The first-order chi connectivity index (χ1) is 16.5. The van der Waals surface area contributed by atoms with E-state index in [1.807, 2.05) is 6.07 Å². The molecule has 0 bridgehead atoms. The number of nitrogens with one attached hydrogen (secondary N) is 1. The molecule has 3 rings (SSSR count). The average molecular weight is 508 g/mol. The first-order valence-electron chi connectivity index (χ1n) is 11.6. The Morgan fingerprint density at radius 2 is 1.54 bits per heavy atom. The van der Waals surface area contributed by atoms with E-state index in [2.05, 4.69) is 0 Å². The number of halogens is 1. The van der Waals surface area contributed by atoms with Gasteiger partial charge in [0.2, 0.25) is 5.75 Å². The van der Waals surface area contributed by atoms with E-state index in [0.29, 0.717) is 35.0 Å². The number of piperidine rings is 1. The van der Waals surface area contributed by atoms with Crippen LogP contribution in [0.5, 0.6) is 23.0 Å². The summed E-state index contributed by atoms with van der Waals surface area (Å²) in [5.74, 6) is 1.29. The van der Waals surface area contributed by atoms with Crippen LogP contribution >= 0.6 is 0 Å². The van der Waals surface area contributed by atoms with E-state index in [1.165, 1.54) is 57.6 Å². The van der Waals surface area contributed by atoms with E-state index in [9.17, 15) is 9.59 Å². The summed E-state index contributed by atoms with van der Waals surface area (Å²) in [6, 6.07) is 10.2. The zero-order valence-corrected chi connectivity index (χ0v) is 21.3. The Balaban J connectivity index is 0.00000432. The van der Waals surface area contributed by atoms with Gasteiger partial charge >= 0.3 is 5.97 Å². The largest absolute Gasteiger partial charge is 1.00 e. The molecule has 1 fully saturated rings. The summed E-state index contributed by atoms with van der Waals surface area (Å²) in [6.45, 7) is 3.40. The normalized spacial score (nSPS) is 13.3.